The summed E-state index contributed by atoms with van der Waals surface area (Å²) in [6.07, 6.45) is -6.93. The standard InChI is InChI=1S/C12H20O9/c13-5-6-9(17)10(18)11(19)12(20-6)21-8(16)4-2-1-3-7(14)15/h6,9-13,17-19H,1-5H2,(H,14,15)/t6-,9-,10+,11-,12?/m1/s1. The number of carbonyl (C=O) groups is 2. The molecule has 0 radical (unpaired) electrons. The zero-order chi connectivity index (χ0) is 16.0. The second-order valence-corrected chi connectivity index (χ2v) is 4.79. The van der Waals surface area contributed by atoms with E-state index < -0.39 is 49.3 Å². The molecule has 1 fully saturated rings. The van der Waals surface area contributed by atoms with Crippen molar-refractivity contribution in [3.8, 4) is 0 Å². The Bertz CT molecular complexity index is 357. The Morgan fingerprint density at radius 2 is 1.62 bits per heavy atom. The number of esters is 1. The molecule has 9 heteroatoms. The Morgan fingerprint density at radius 3 is 2.19 bits per heavy atom. The van der Waals surface area contributed by atoms with Gasteiger partial charge in [0, 0.05) is 12.8 Å². The summed E-state index contributed by atoms with van der Waals surface area (Å²) in [5.74, 6) is -1.69. The van der Waals surface area contributed by atoms with E-state index in [-0.39, 0.29) is 12.8 Å². The van der Waals surface area contributed by atoms with Crippen molar-refractivity contribution < 1.29 is 44.6 Å². The van der Waals surface area contributed by atoms with Crippen LogP contribution in [0, 0.1) is 0 Å². The number of aliphatic hydroxyl groups is 4. The molecule has 1 heterocycles. The number of hydrogen-bond donors (Lipinski definition) is 5. The predicted octanol–water partition coefficient (Wildman–Crippen LogP) is -2.03. The monoisotopic (exact) mass is 308 g/mol. The zero-order valence-corrected chi connectivity index (χ0v) is 11.3. The van der Waals surface area contributed by atoms with Crippen LogP contribution in [-0.2, 0) is 19.1 Å². The average molecular weight is 308 g/mol. The van der Waals surface area contributed by atoms with Crippen LogP contribution in [0.4, 0.5) is 0 Å². The summed E-state index contributed by atoms with van der Waals surface area (Å²) in [4.78, 5) is 21.8. The maximum absolute atomic E-state index is 11.5. The highest BCUT2D eigenvalue weighted by Crippen LogP contribution is 2.22. The van der Waals surface area contributed by atoms with Gasteiger partial charge in [-0.15, -0.1) is 0 Å². The summed E-state index contributed by atoms with van der Waals surface area (Å²) < 4.78 is 9.82. The van der Waals surface area contributed by atoms with Crippen LogP contribution in [0.3, 0.4) is 0 Å². The normalized spacial score (nSPS) is 32.7. The van der Waals surface area contributed by atoms with Gasteiger partial charge in [-0.3, -0.25) is 9.59 Å². The fraction of sp³-hybridized carbons (Fsp3) is 0.833. The lowest BCUT2D eigenvalue weighted by Gasteiger charge is -2.39. The van der Waals surface area contributed by atoms with Gasteiger partial charge in [0.2, 0.25) is 6.29 Å². The molecule has 0 aromatic heterocycles. The van der Waals surface area contributed by atoms with Crippen molar-refractivity contribution in [3.63, 3.8) is 0 Å². The first-order chi connectivity index (χ1) is 9.86. The van der Waals surface area contributed by atoms with Gasteiger partial charge in [0.25, 0.3) is 0 Å². The summed E-state index contributed by atoms with van der Waals surface area (Å²) >= 11 is 0. The molecule has 122 valence electrons. The zero-order valence-electron chi connectivity index (χ0n) is 11.3. The van der Waals surface area contributed by atoms with Gasteiger partial charge in [-0.25, -0.2) is 0 Å². The number of hydrogen-bond acceptors (Lipinski definition) is 8. The first-order valence-corrected chi connectivity index (χ1v) is 6.58. The maximum atomic E-state index is 11.5. The van der Waals surface area contributed by atoms with Crippen LogP contribution < -0.4 is 0 Å². The van der Waals surface area contributed by atoms with Crippen LogP contribution in [0.5, 0.6) is 0 Å². The summed E-state index contributed by atoms with van der Waals surface area (Å²) in [5.41, 5.74) is 0. The molecule has 0 aromatic rings. The molecule has 0 bridgehead atoms. The Hall–Kier alpha value is -1.26. The van der Waals surface area contributed by atoms with Gasteiger partial charge in [-0.2, -0.15) is 0 Å². The molecule has 1 saturated heterocycles. The van der Waals surface area contributed by atoms with Gasteiger partial charge < -0.3 is 35.0 Å². The van der Waals surface area contributed by atoms with E-state index in [1.54, 1.807) is 0 Å². The smallest absolute Gasteiger partial charge is 0.308 e. The van der Waals surface area contributed by atoms with Crippen molar-refractivity contribution >= 4 is 11.9 Å². The van der Waals surface area contributed by atoms with Crippen LogP contribution in [0.15, 0.2) is 0 Å². The molecular formula is C12H20O9. The van der Waals surface area contributed by atoms with E-state index in [1.807, 2.05) is 0 Å². The lowest BCUT2D eigenvalue weighted by molar-refractivity contribution is -0.292. The third-order valence-corrected chi connectivity index (χ3v) is 3.12. The molecule has 0 spiro atoms. The number of unbranched alkanes of at least 4 members (excludes halogenated alkanes) is 1. The highest BCUT2D eigenvalue weighted by Gasteiger charge is 2.45. The molecule has 5 N–H and O–H groups in total. The van der Waals surface area contributed by atoms with E-state index in [4.69, 9.17) is 19.7 Å². The molecule has 0 aromatic carbocycles. The number of aliphatic hydroxyl groups excluding tert-OH is 4. The first kappa shape index (κ1) is 17.8. The van der Waals surface area contributed by atoms with Crippen molar-refractivity contribution in [2.24, 2.45) is 0 Å². The molecule has 21 heavy (non-hydrogen) atoms. The van der Waals surface area contributed by atoms with Crippen molar-refractivity contribution in [2.75, 3.05) is 6.61 Å². The molecule has 0 aliphatic carbocycles. The van der Waals surface area contributed by atoms with Gasteiger partial charge in [0.05, 0.1) is 6.61 Å². The van der Waals surface area contributed by atoms with Crippen LogP contribution in [0.2, 0.25) is 0 Å². The largest absolute Gasteiger partial charge is 0.481 e. The van der Waals surface area contributed by atoms with Gasteiger partial charge in [-0.1, -0.05) is 0 Å². The number of ether oxygens (including phenoxy) is 2. The highest BCUT2D eigenvalue weighted by atomic mass is 16.7. The number of aliphatic carboxylic acids is 1. The summed E-state index contributed by atoms with van der Waals surface area (Å²) in [6.45, 7) is -0.613. The predicted molar refractivity (Wildman–Crippen MR) is 66.0 cm³/mol. The first-order valence-electron chi connectivity index (χ1n) is 6.58. The van der Waals surface area contributed by atoms with Gasteiger partial charge in [0.1, 0.15) is 24.4 Å². The third-order valence-electron chi connectivity index (χ3n) is 3.12. The minimum absolute atomic E-state index is 0.0622. The van der Waals surface area contributed by atoms with Crippen molar-refractivity contribution in [1.29, 1.82) is 0 Å². The van der Waals surface area contributed by atoms with Crippen molar-refractivity contribution in [2.45, 2.75) is 56.4 Å². The highest BCUT2D eigenvalue weighted by molar-refractivity contribution is 5.70. The van der Waals surface area contributed by atoms with E-state index in [2.05, 4.69) is 0 Å². The maximum Gasteiger partial charge on any atom is 0.308 e. The van der Waals surface area contributed by atoms with Crippen LogP contribution in [-0.4, -0.2) is 74.8 Å². The Kier molecular flexibility index (Phi) is 6.99. The Labute approximate surface area is 120 Å². The van der Waals surface area contributed by atoms with Gasteiger partial charge >= 0.3 is 11.9 Å². The lowest BCUT2D eigenvalue weighted by atomic mass is 9.99. The quantitative estimate of drug-likeness (QED) is 0.265. The molecular weight excluding hydrogens is 288 g/mol. The molecule has 9 nitrogen and oxygen atoms in total. The van der Waals surface area contributed by atoms with E-state index >= 15 is 0 Å². The van der Waals surface area contributed by atoms with Crippen LogP contribution in [0.1, 0.15) is 25.7 Å². The van der Waals surface area contributed by atoms with E-state index in [9.17, 15) is 24.9 Å². The number of carbonyl (C=O) groups excluding carboxylic acids is 1. The van der Waals surface area contributed by atoms with Crippen LogP contribution in [0.25, 0.3) is 0 Å². The molecule has 5 atom stereocenters. The second kappa shape index (κ2) is 8.25. The summed E-state index contributed by atoms with van der Waals surface area (Å²) in [6, 6.07) is 0. The third kappa shape index (κ3) is 5.21. The molecule has 1 unspecified atom stereocenters. The molecule has 0 saturated carbocycles. The van der Waals surface area contributed by atoms with Gasteiger partial charge in [-0.05, 0) is 12.8 Å². The number of rotatable bonds is 7. The van der Waals surface area contributed by atoms with Crippen molar-refractivity contribution in [1.82, 2.24) is 0 Å². The van der Waals surface area contributed by atoms with Crippen LogP contribution >= 0.6 is 0 Å². The Morgan fingerprint density at radius 1 is 1.00 bits per heavy atom. The lowest BCUT2D eigenvalue weighted by Crippen LogP contribution is -2.59. The minimum atomic E-state index is -1.63. The molecule has 1 aliphatic rings. The Balaban J connectivity index is 2.41. The summed E-state index contributed by atoms with van der Waals surface area (Å²) in [5, 5.41) is 46.1. The molecule has 1 aliphatic heterocycles. The topological polar surface area (TPSA) is 154 Å². The van der Waals surface area contributed by atoms with E-state index in [1.165, 1.54) is 0 Å². The van der Waals surface area contributed by atoms with E-state index in [0.717, 1.165) is 0 Å². The second-order valence-electron chi connectivity index (χ2n) is 4.79. The minimum Gasteiger partial charge on any atom is -0.481 e. The van der Waals surface area contributed by atoms with Crippen molar-refractivity contribution in [3.05, 3.63) is 0 Å². The fourth-order valence-electron chi connectivity index (χ4n) is 1.90. The molecule has 1 rings (SSSR count). The fourth-order valence-corrected chi connectivity index (χ4v) is 1.90. The van der Waals surface area contributed by atoms with Gasteiger partial charge in [0.15, 0.2) is 0 Å². The average Bonchev–Trinajstić information content (AvgIpc) is 2.44. The number of carboxylic acid groups (broad SMARTS) is 1. The van der Waals surface area contributed by atoms with E-state index in [0.29, 0.717) is 12.8 Å². The summed E-state index contributed by atoms with van der Waals surface area (Å²) in [7, 11) is 0. The molecule has 0 amide bonds. The number of carboxylic acids is 1. The SMILES string of the molecule is O=C(O)CCCCC(=O)OC1O[C@H](CO)[C@@H](O)[C@H](O)[C@H]1O.